The van der Waals surface area contributed by atoms with E-state index < -0.39 is 5.97 Å². The van der Waals surface area contributed by atoms with Crippen molar-refractivity contribution < 1.29 is 19.1 Å². The highest BCUT2D eigenvalue weighted by molar-refractivity contribution is 9.10. The van der Waals surface area contributed by atoms with Crippen molar-refractivity contribution in [3.63, 3.8) is 0 Å². The summed E-state index contributed by atoms with van der Waals surface area (Å²) < 4.78 is 14.1. The van der Waals surface area contributed by atoms with Gasteiger partial charge in [-0.05, 0) is 55.5 Å². The van der Waals surface area contributed by atoms with E-state index in [-0.39, 0.29) is 17.8 Å². The number of nitrogens with zero attached hydrogens (tertiary/aromatic N) is 7. The zero-order chi connectivity index (χ0) is 29.0. The number of ether oxygens (including phenoxy) is 2. The van der Waals surface area contributed by atoms with Crippen LogP contribution in [0.2, 0.25) is 0 Å². The molecule has 0 amide bonds. The Morgan fingerprint density at radius 2 is 1.31 bits per heavy atom. The van der Waals surface area contributed by atoms with Crippen LogP contribution < -0.4 is 0 Å². The van der Waals surface area contributed by atoms with Gasteiger partial charge in [-0.15, -0.1) is 0 Å². The Balaban J connectivity index is 0.000000216. The first-order valence-electron chi connectivity index (χ1n) is 12.6. The van der Waals surface area contributed by atoms with E-state index in [9.17, 15) is 9.59 Å². The van der Waals surface area contributed by atoms with E-state index in [1.54, 1.807) is 31.5 Å². The average molecular weight is 599 g/mol. The van der Waals surface area contributed by atoms with Crippen LogP contribution in [0, 0.1) is 25.2 Å². The molecule has 0 unspecified atom stereocenters. The van der Waals surface area contributed by atoms with Crippen molar-refractivity contribution in [2.24, 2.45) is 0 Å². The largest absolute Gasteiger partial charge is 0.462 e. The molecule has 0 aliphatic heterocycles. The molecule has 0 N–H and O–H groups in total. The molecule has 0 aliphatic rings. The number of aromatic nitrogens is 6. The fraction of sp³-hybridized carbons (Fsp3) is 0.444. The molecule has 0 radical (unpaired) electrons. The van der Waals surface area contributed by atoms with Crippen LogP contribution in [0.25, 0.3) is 11.3 Å². The first-order valence-corrected chi connectivity index (χ1v) is 13.4. The maximum absolute atomic E-state index is 12.0. The molecule has 0 fully saturated rings. The van der Waals surface area contributed by atoms with Crippen LogP contribution in [0.15, 0.2) is 17.0 Å². The van der Waals surface area contributed by atoms with Gasteiger partial charge < -0.3 is 9.47 Å². The van der Waals surface area contributed by atoms with Gasteiger partial charge in [-0.1, -0.05) is 27.7 Å². The van der Waals surface area contributed by atoms with Gasteiger partial charge in [0.05, 0.1) is 48.1 Å². The first-order chi connectivity index (χ1) is 18.5. The van der Waals surface area contributed by atoms with E-state index >= 15 is 0 Å². The highest BCUT2D eigenvalue weighted by Crippen LogP contribution is 2.28. The molecule has 4 aromatic heterocycles. The summed E-state index contributed by atoms with van der Waals surface area (Å²) in [5.74, 6) is -0.546. The number of halogens is 1. The molecule has 39 heavy (non-hydrogen) atoms. The molecule has 4 heterocycles. The predicted octanol–water partition coefficient (Wildman–Crippen LogP) is 5.31. The minimum absolute atomic E-state index is 0.0632. The second-order valence-electron chi connectivity index (χ2n) is 9.31. The van der Waals surface area contributed by atoms with Gasteiger partial charge in [-0.25, -0.2) is 28.6 Å². The topological polar surface area (TPSA) is 137 Å². The van der Waals surface area contributed by atoms with Gasteiger partial charge in [-0.2, -0.15) is 15.5 Å². The van der Waals surface area contributed by atoms with Crippen LogP contribution >= 0.6 is 15.9 Å². The third-order valence-corrected chi connectivity index (χ3v) is 6.82. The lowest BCUT2D eigenvalue weighted by Gasteiger charge is -2.12. The van der Waals surface area contributed by atoms with Gasteiger partial charge in [0.1, 0.15) is 10.7 Å². The molecule has 0 saturated heterocycles. The average Bonchev–Trinajstić information content (AvgIpc) is 3.37. The van der Waals surface area contributed by atoms with Crippen molar-refractivity contribution in [1.82, 2.24) is 29.2 Å². The number of nitriles is 1. The summed E-state index contributed by atoms with van der Waals surface area (Å²) >= 11 is 3.45. The van der Waals surface area contributed by atoms with E-state index in [4.69, 9.17) is 14.7 Å². The molecule has 206 valence electrons. The summed E-state index contributed by atoms with van der Waals surface area (Å²) in [6, 6.07) is 2.08. The number of imidazole rings is 2. The zero-order valence-electron chi connectivity index (χ0n) is 23.4. The number of aryl methyl sites for hydroxylation is 2. The number of carbonyl (C=O) groups is 2. The molecular weight excluding hydrogens is 566 g/mol. The Labute approximate surface area is 235 Å². The molecule has 0 bridgehead atoms. The quantitative estimate of drug-likeness (QED) is 0.271. The number of esters is 2. The molecule has 0 atom stereocenters. The SMILES string of the molecule is CCOC(=O)c1cnn2c(Br)c(C)nc2c1C(C)C.CCOC(=O)c1cnn2c(C#N)c(C)nc2c1C(C)C. The molecule has 0 spiro atoms. The number of hydrogen-bond acceptors (Lipinski definition) is 9. The summed E-state index contributed by atoms with van der Waals surface area (Å²) in [6.45, 7) is 15.8. The Bertz CT molecular complexity index is 1580. The summed E-state index contributed by atoms with van der Waals surface area (Å²) in [5.41, 5.74) is 5.58. The number of hydrogen-bond donors (Lipinski definition) is 0. The third-order valence-electron chi connectivity index (χ3n) is 5.91. The molecule has 4 aromatic rings. The number of rotatable bonds is 6. The van der Waals surface area contributed by atoms with E-state index in [1.165, 1.54) is 10.7 Å². The molecule has 12 heteroatoms. The standard InChI is InChI=1S/C14H16N4O2.C13H16BrN3O2/c1-5-20-14(19)10-7-16-18-11(6-15)9(4)17-13(18)12(10)8(2)3;1-5-19-13(18)9-6-15-17-11(14)8(4)16-12(17)10(9)7(2)3/h7-8H,5H2,1-4H3;6-7H,5H2,1-4H3. The predicted molar refractivity (Wildman–Crippen MR) is 148 cm³/mol. The Morgan fingerprint density at radius 3 is 1.74 bits per heavy atom. The molecular formula is C27H32BrN7O4. The highest BCUT2D eigenvalue weighted by Gasteiger charge is 2.23. The van der Waals surface area contributed by atoms with Gasteiger partial charge >= 0.3 is 11.9 Å². The second kappa shape index (κ2) is 12.3. The summed E-state index contributed by atoms with van der Waals surface area (Å²) in [7, 11) is 0. The van der Waals surface area contributed by atoms with Crippen molar-refractivity contribution >= 4 is 39.2 Å². The van der Waals surface area contributed by atoms with E-state index in [0.717, 1.165) is 21.4 Å². The molecule has 4 rings (SSSR count). The van der Waals surface area contributed by atoms with Gasteiger partial charge in [0.15, 0.2) is 17.0 Å². The number of fused-ring (bicyclic) bond motifs is 2. The van der Waals surface area contributed by atoms with E-state index in [1.807, 2.05) is 34.6 Å². The van der Waals surface area contributed by atoms with Crippen molar-refractivity contribution in [3.8, 4) is 6.07 Å². The second-order valence-corrected chi connectivity index (χ2v) is 10.1. The minimum atomic E-state index is -0.412. The van der Waals surface area contributed by atoms with Gasteiger partial charge in [0.25, 0.3) is 0 Å². The summed E-state index contributed by atoms with van der Waals surface area (Å²) in [4.78, 5) is 32.9. The van der Waals surface area contributed by atoms with Crippen molar-refractivity contribution in [2.75, 3.05) is 13.2 Å². The molecule has 0 aromatic carbocycles. The van der Waals surface area contributed by atoms with Gasteiger partial charge in [-0.3, -0.25) is 0 Å². The lowest BCUT2D eigenvalue weighted by atomic mass is 10.00. The van der Waals surface area contributed by atoms with Crippen molar-refractivity contribution in [1.29, 1.82) is 5.26 Å². The van der Waals surface area contributed by atoms with Crippen LogP contribution in [0.1, 0.15) is 102 Å². The fourth-order valence-electron chi connectivity index (χ4n) is 4.20. The lowest BCUT2D eigenvalue weighted by Crippen LogP contribution is -2.13. The van der Waals surface area contributed by atoms with Crippen LogP contribution in [-0.4, -0.2) is 54.3 Å². The molecule has 11 nitrogen and oxygen atoms in total. The Hall–Kier alpha value is -3.85. The van der Waals surface area contributed by atoms with Crippen LogP contribution in [0.3, 0.4) is 0 Å². The normalized spacial score (nSPS) is 11.0. The maximum atomic E-state index is 12.0. The Morgan fingerprint density at radius 1 is 0.872 bits per heavy atom. The third kappa shape index (κ3) is 5.78. The first kappa shape index (κ1) is 29.7. The zero-order valence-corrected chi connectivity index (χ0v) is 25.0. The van der Waals surface area contributed by atoms with Crippen molar-refractivity contribution in [2.45, 2.75) is 67.2 Å². The van der Waals surface area contributed by atoms with Crippen LogP contribution in [0.4, 0.5) is 0 Å². The summed E-state index contributed by atoms with van der Waals surface area (Å²) in [6.07, 6.45) is 2.99. The van der Waals surface area contributed by atoms with Crippen LogP contribution in [-0.2, 0) is 9.47 Å². The maximum Gasteiger partial charge on any atom is 0.340 e. The Kier molecular flexibility index (Phi) is 9.40. The smallest absolute Gasteiger partial charge is 0.340 e. The van der Waals surface area contributed by atoms with E-state index in [0.29, 0.717) is 47.0 Å². The van der Waals surface area contributed by atoms with Gasteiger partial charge in [0, 0.05) is 11.1 Å². The fourth-order valence-corrected chi connectivity index (χ4v) is 4.55. The number of carbonyl (C=O) groups excluding carboxylic acids is 2. The highest BCUT2D eigenvalue weighted by atomic mass is 79.9. The monoisotopic (exact) mass is 597 g/mol. The molecule has 0 saturated carbocycles. The van der Waals surface area contributed by atoms with E-state index in [2.05, 4.69) is 42.2 Å². The van der Waals surface area contributed by atoms with Crippen molar-refractivity contribution in [3.05, 3.63) is 56.3 Å². The minimum Gasteiger partial charge on any atom is -0.462 e. The molecule has 0 aliphatic carbocycles. The van der Waals surface area contributed by atoms with Crippen LogP contribution in [0.5, 0.6) is 0 Å². The lowest BCUT2D eigenvalue weighted by molar-refractivity contribution is 0.0514. The summed E-state index contributed by atoms with van der Waals surface area (Å²) in [5, 5.41) is 17.6. The van der Waals surface area contributed by atoms with Gasteiger partial charge in [0.2, 0.25) is 0 Å².